The van der Waals surface area contributed by atoms with E-state index in [2.05, 4.69) is 11.2 Å². The molecule has 0 aliphatic heterocycles. The molecule has 4 heteroatoms. The lowest BCUT2D eigenvalue weighted by Gasteiger charge is -2.05. The van der Waals surface area contributed by atoms with E-state index < -0.39 is 11.8 Å². The molecule has 1 aromatic rings. The van der Waals surface area contributed by atoms with Crippen molar-refractivity contribution in [2.75, 3.05) is 6.54 Å². The van der Waals surface area contributed by atoms with Crippen LogP contribution in [0.1, 0.15) is 28.8 Å². The lowest BCUT2D eigenvalue weighted by molar-refractivity contribution is 0.0692. The second-order valence-corrected chi connectivity index (χ2v) is 3.60. The summed E-state index contributed by atoms with van der Waals surface area (Å²) in [5, 5.41) is 11.8. The van der Waals surface area contributed by atoms with E-state index in [1.807, 2.05) is 0 Å². The molecule has 3 nitrogen and oxygen atoms in total. The highest BCUT2D eigenvalue weighted by atomic mass is 19.1. The van der Waals surface area contributed by atoms with Gasteiger partial charge in [-0.15, -0.1) is 12.3 Å². The normalized spacial score (nSPS) is 9.88. The van der Waals surface area contributed by atoms with Gasteiger partial charge in [0.15, 0.2) is 0 Å². The molecule has 0 heterocycles. The fourth-order valence-electron chi connectivity index (χ4n) is 1.39. The van der Waals surface area contributed by atoms with Gasteiger partial charge >= 0.3 is 5.97 Å². The van der Waals surface area contributed by atoms with E-state index in [9.17, 15) is 9.18 Å². The Morgan fingerprint density at radius 1 is 1.53 bits per heavy atom. The van der Waals surface area contributed by atoms with Crippen LogP contribution in [0, 0.1) is 18.2 Å². The number of nitrogens with one attached hydrogen (secondary N) is 1. The number of carboxylic acid groups (broad SMARTS) is 1. The lowest BCUT2D eigenvalue weighted by Crippen LogP contribution is -2.15. The van der Waals surface area contributed by atoms with Gasteiger partial charge in [0.2, 0.25) is 0 Å². The van der Waals surface area contributed by atoms with Crippen LogP contribution in [-0.4, -0.2) is 17.6 Å². The van der Waals surface area contributed by atoms with Crippen LogP contribution in [0.5, 0.6) is 0 Å². The summed E-state index contributed by atoms with van der Waals surface area (Å²) in [6.45, 7) is 1.26. The molecule has 17 heavy (non-hydrogen) atoms. The monoisotopic (exact) mass is 235 g/mol. The Bertz CT molecular complexity index is 438. The van der Waals surface area contributed by atoms with Gasteiger partial charge in [0, 0.05) is 13.0 Å². The predicted octanol–water partition coefficient (Wildman–Crippen LogP) is 2.03. The molecule has 1 aromatic carbocycles. The molecule has 0 radical (unpaired) electrons. The van der Waals surface area contributed by atoms with E-state index in [4.69, 9.17) is 11.5 Å². The molecular formula is C13H14FNO2. The molecule has 0 saturated heterocycles. The Balaban J connectivity index is 2.48. The third-order valence-electron chi connectivity index (χ3n) is 2.27. The lowest BCUT2D eigenvalue weighted by atomic mass is 10.1. The molecule has 90 valence electrons. The van der Waals surface area contributed by atoms with E-state index in [-0.39, 0.29) is 5.56 Å². The Labute approximate surface area is 99.7 Å². The third-order valence-corrected chi connectivity index (χ3v) is 2.27. The van der Waals surface area contributed by atoms with E-state index in [0.717, 1.165) is 13.0 Å². The number of unbranched alkanes of at least 4 members (excludes halogenated alkanes) is 1. The summed E-state index contributed by atoms with van der Waals surface area (Å²) < 4.78 is 13.3. The van der Waals surface area contributed by atoms with Gasteiger partial charge in [0.25, 0.3) is 0 Å². The molecule has 0 bridgehead atoms. The van der Waals surface area contributed by atoms with Gasteiger partial charge in [-0.05, 0) is 30.7 Å². The van der Waals surface area contributed by atoms with Crippen molar-refractivity contribution in [2.24, 2.45) is 0 Å². The Hall–Kier alpha value is -1.86. The number of benzene rings is 1. The quantitative estimate of drug-likeness (QED) is 0.586. The van der Waals surface area contributed by atoms with Crippen LogP contribution >= 0.6 is 0 Å². The number of terminal acetylenes is 1. The number of hydrogen-bond acceptors (Lipinski definition) is 2. The zero-order chi connectivity index (χ0) is 12.7. The smallest absolute Gasteiger partial charge is 0.338 e. The highest BCUT2D eigenvalue weighted by Crippen LogP contribution is 2.10. The van der Waals surface area contributed by atoms with E-state index in [0.29, 0.717) is 18.5 Å². The van der Waals surface area contributed by atoms with Crippen LogP contribution in [0.15, 0.2) is 18.2 Å². The molecular weight excluding hydrogens is 221 g/mol. The summed E-state index contributed by atoms with van der Waals surface area (Å²) >= 11 is 0. The third kappa shape index (κ3) is 4.25. The Kier molecular flexibility index (Phi) is 5.18. The van der Waals surface area contributed by atoms with Crippen molar-refractivity contribution in [2.45, 2.75) is 19.4 Å². The number of halogens is 1. The van der Waals surface area contributed by atoms with Gasteiger partial charge in [-0.3, -0.25) is 0 Å². The SMILES string of the molecule is C#CCCCNCc1ccc(C(=O)O)c(F)c1. The highest BCUT2D eigenvalue weighted by molar-refractivity contribution is 5.87. The van der Waals surface area contributed by atoms with Crippen molar-refractivity contribution in [3.05, 3.63) is 35.1 Å². The zero-order valence-electron chi connectivity index (χ0n) is 9.37. The minimum absolute atomic E-state index is 0.305. The summed E-state index contributed by atoms with van der Waals surface area (Å²) in [7, 11) is 0. The standard InChI is InChI=1S/C13H14FNO2/c1-2-3-4-7-15-9-10-5-6-11(13(16)17)12(14)8-10/h1,5-6,8,15H,3-4,7,9H2,(H,16,17). The Morgan fingerprint density at radius 2 is 2.29 bits per heavy atom. The van der Waals surface area contributed by atoms with Crippen LogP contribution in [0.3, 0.4) is 0 Å². The van der Waals surface area contributed by atoms with Crippen LogP contribution in [0.25, 0.3) is 0 Å². The first kappa shape index (κ1) is 13.2. The predicted molar refractivity (Wildman–Crippen MR) is 63.1 cm³/mol. The highest BCUT2D eigenvalue weighted by Gasteiger charge is 2.09. The fraction of sp³-hybridized carbons (Fsp3) is 0.308. The van der Waals surface area contributed by atoms with E-state index >= 15 is 0 Å². The molecule has 2 N–H and O–H groups in total. The molecule has 0 aliphatic carbocycles. The number of hydrogen-bond donors (Lipinski definition) is 2. The van der Waals surface area contributed by atoms with Gasteiger partial charge in [0.05, 0.1) is 5.56 Å². The van der Waals surface area contributed by atoms with Crippen LogP contribution < -0.4 is 5.32 Å². The van der Waals surface area contributed by atoms with Crippen molar-refractivity contribution >= 4 is 5.97 Å². The second kappa shape index (κ2) is 6.66. The number of carbonyl (C=O) groups is 1. The summed E-state index contributed by atoms with van der Waals surface area (Å²) in [6.07, 6.45) is 6.68. The minimum atomic E-state index is -1.25. The summed E-state index contributed by atoms with van der Waals surface area (Å²) in [4.78, 5) is 10.6. The first-order valence-corrected chi connectivity index (χ1v) is 5.31. The zero-order valence-corrected chi connectivity index (χ0v) is 9.37. The summed E-state index contributed by atoms with van der Waals surface area (Å²) in [5.74, 6) is 0.569. The van der Waals surface area contributed by atoms with E-state index in [1.54, 1.807) is 6.07 Å². The molecule has 0 aromatic heterocycles. The molecule has 0 atom stereocenters. The number of carboxylic acids is 1. The minimum Gasteiger partial charge on any atom is -0.478 e. The maximum absolute atomic E-state index is 13.3. The van der Waals surface area contributed by atoms with Crippen LogP contribution in [0.2, 0.25) is 0 Å². The van der Waals surface area contributed by atoms with Gasteiger partial charge in [-0.2, -0.15) is 0 Å². The van der Waals surface area contributed by atoms with Crippen molar-refractivity contribution in [1.82, 2.24) is 5.32 Å². The number of aromatic carboxylic acids is 1. The van der Waals surface area contributed by atoms with Crippen LogP contribution in [-0.2, 0) is 6.54 Å². The van der Waals surface area contributed by atoms with Crippen molar-refractivity contribution in [3.8, 4) is 12.3 Å². The first-order valence-electron chi connectivity index (χ1n) is 5.31. The van der Waals surface area contributed by atoms with Gasteiger partial charge < -0.3 is 10.4 Å². The van der Waals surface area contributed by atoms with Crippen molar-refractivity contribution < 1.29 is 14.3 Å². The van der Waals surface area contributed by atoms with E-state index in [1.165, 1.54) is 12.1 Å². The van der Waals surface area contributed by atoms with Crippen LogP contribution in [0.4, 0.5) is 4.39 Å². The molecule has 0 spiro atoms. The average molecular weight is 235 g/mol. The van der Waals surface area contributed by atoms with Gasteiger partial charge in [0.1, 0.15) is 5.82 Å². The fourth-order valence-corrected chi connectivity index (χ4v) is 1.39. The maximum atomic E-state index is 13.3. The van der Waals surface area contributed by atoms with Crippen molar-refractivity contribution in [1.29, 1.82) is 0 Å². The largest absolute Gasteiger partial charge is 0.478 e. The molecule has 0 fully saturated rings. The maximum Gasteiger partial charge on any atom is 0.338 e. The number of rotatable bonds is 6. The molecule has 0 amide bonds. The van der Waals surface area contributed by atoms with Gasteiger partial charge in [-0.1, -0.05) is 6.07 Å². The Morgan fingerprint density at radius 3 is 2.88 bits per heavy atom. The summed E-state index contributed by atoms with van der Waals surface area (Å²) in [6, 6.07) is 4.11. The molecule has 1 rings (SSSR count). The van der Waals surface area contributed by atoms with Gasteiger partial charge in [-0.25, -0.2) is 9.18 Å². The second-order valence-electron chi connectivity index (χ2n) is 3.60. The first-order chi connectivity index (χ1) is 8.15. The molecule has 0 aliphatic rings. The van der Waals surface area contributed by atoms with Crippen molar-refractivity contribution in [3.63, 3.8) is 0 Å². The topological polar surface area (TPSA) is 49.3 Å². The summed E-state index contributed by atoms with van der Waals surface area (Å²) in [5.41, 5.74) is 0.411. The molecule has 0 saturated carbocycles. The molecule has 0 unspecified atom stereocenters. The average Bonchev–Trinajstić information content (AvgIpc) is 2.28.